The molecular formula is C17H18ClNO3. The van der Waals surface area contributed by atoms with Crippen LogP contribution in [-0.4, -0.2) is 15.9 Å². The molecule has 0 aliphatic carbocycles. The number of halogens is 1. The van der Waals surface area contributed by atoms with Crippen LogP contribution in [0.2, 0.25) is 5.02 Å². The number of nitrogens with zero attached hydrogens (tertiary/aromatic N) is 1. The average molecular weight is 324 g/mol. The standard InChI is InChI=1S/C17H18ClNO3/c1-10-16-14(9-21-17(2,3)22-16)13(8-19-10)15(20)11-4-6-12(18)7-5-11/h4-8,15,20H,9H2,1-3H3/i4D,5D,6D,7D. The first-order valence-corrected chi connectivity index (χ1v) is 7.18. The lowest BCUT2D eigenvalue weighted by molar-refractivity contribution is -0.181. The van der Waals surface area contributed by atoms with Crippen molar-refractivity contribution in [2.45, 2.75) is 39.3 Å². The number of rotatable bonds is 2. The van der Waals surface area contributed by atoms with Gasteiger partial charge in [0.1, 0.15) is 11.9 Å². The Morgan fingerprint density at radius 3 is 2.73 bits per heavy atom. The zero-order chi connectivity index (χ0) is 19.4. The van der Waals surface area contributed by atoms with Crippen LogP contribution in [0.15, 0.2) is 30.4 Å². The number of hydrogen-bond donors (Lipinski definition) is 1. The second-order valence-corrected chi connectivity index (χ2v) is 5.91. The Balaban J connectivity index is 2.18. The van der Waals surface area contributed by atoms with Crippen LogP contribution in [0.4, 0.5) is 0 Å². The minimum atomic E-state index is -1.43. The van der Waals surface area contributed by atoms with Crippen molar-refractivity contribution in [3.8, 4) is 5.75 Å². The van der Waals surface area contributed by atoms with E-state index in [1.165, 1.54) is 6.20 Å². The zero-order valence-electron chi connectivity index (χ0n) is 16.5. The van der Waals surface area contributed by atoms with Gasteiger partial charge in [-0.25, -0.2) is 0 Å². The van der Waals surface area contributed by atoms with Crippen LogP contribution in [0.5, 0.6) is 5.75 Å². The molecule has 1 aliphatic heterocycles. The molecule has 0 spiro atoms. The van der Waals surface area contributed by atoms with Gasteiger partial charge in [0.2, 0.25) is 5.79 Å². The topological polar surface area (TPSA) is 51.6 Å². The fourth-order valence-electron chi connectivity index (χ4n) is 2.29. The van der Waals surface area contributed by atoms with Crippen LogP contribution in [0.25, 0.3) is 0 Å². The summed E-state index contributed by atoms with van der Waals surface area (Å²) in [5.74, 6) is -0.352. The summed E-state index contributed by atoms with van der Waals surface area (Å²) >= 11 is 5.83. The molecule has 1 unspecified atom stereocenters. The van der Waals surface area contributed by atoms with Gasteiger partial charge < -0.3 is 14.6 Å². The van der Waals surface area contributed by atoms with Crippen molar-refractivity contribution in [3.05, 3.63) is 57.8 Å². The molecule has 2 heterocycles. The predicted molar refractivity (Wildman–Crippen MR) is 84.0 cm³/mol. The fraction of sp³-hybridized carbons (Fsp3) is 0.353. The second kappa shape index (κ2) is 5.54. The molecule has 0 bridgehead atoms. The molecule has 0 amide bonds. The van der Waals surface area contributed by atoms with E-state index in [9.17, 15) is 5.11 Å². The van der Waals surface area contributed by atoms with Crippen LogP contribution in [-0.2, 0) is 11.3 Å². The van der Waals surface area contributed by atoms with Gasteiger partial charge in [-0.15, -0.1) is 0 Å². The highest BCUT2D eigenvalue weighted by Crippen LogP contribution is 2.38. The highest BCUT2D eigenvalue weighted by Gasteiger charge is 2.32. The number of fused-ring (bicyclic) bond motifs is 1. The molecular weight excluding hydrogens is 302 g/mol. The molecule has 0 saturated heterocycles. The number of aromatic nitrogens is 1. The molecule has 0 fully saturated rings. The lowest BCUT2D eigenvalue weighted by atomic mass is 9.97. The summed E-state index contributed by atoms with van der Waals surface area (Å²) in [6.45, 7) is 5.46. The first-order valence-electron chi connectivity index (χ1n) is 8.80. The van der Waals surface area contributed by atoms with Gasteiger partial charge in [0.15, 0.2) is 0 Å². The first kappa shape index (κ1) is 11.0. The minimum Gasteiger partial charge on any atom is -0.461 e. The van der Waals surface area contributed by atoms with Crippen molar-refractivity contribution in [2.24, 2.45) is 0 Å². The summed E-state index contributed by atoms with van der Waals surface area (Å²) < 4.78 is 43.3. The van der Waals surface area contributed by atoms with Crippen molar-refractivity contribution in [3.63, 3.8) is 0 Å². The molecule has 22 heavy (non-hydrogen) atoms. The van der Waals surface area contributed by atoms with Crippen molar-refractivity contribution < 1.29 is 20.1 Å². The van der Waals surface area contributed by atoms with Crippen molar-refractivity contribution in [1.29, 1.82) is 0 Å². The van der Waals surface area contributed by atoms with Gasteiger partial charge >= 0.3 is 0 Å². The summed E-state index contributed by atoms with van der Waals surface area (Å²) in [4.78, 5) is 4.24. The molecule has 0 radical (unpaired) electrons. The average Bonchev–Trinajstić information content (AvgIpc) is 2.58. The predicted octanol–water partition coefficient (Wildman–Crippen LogP) is 3.77. The molecule has 1 atom stereocenters. The van der Waals surface area contributed by atoms with E-state index >= 15 is 0 Å². The first-order chi connectivity index (χ1) is 12.0. The molecule has 1 aliphatic rings. The van der Waals surface area contributed by atoms with Gasteiger partial charge in [0.05, 0.1) is 17.8 Å². The van der Waals surface area contributed by atoms with Crippen LogP contribution < -0.4 is 4.74 Å². The number of benzene rings is 1. The summed E-state index contributed by atoms with van der Waals surface area (Å²) in [5, 5.41) is 10.6. The third-order valence-electron chi connectivity index (χ3n) is 3.44. The van der Waals surface area contributed by atoms with E-state index in [0.717, 1.165) is 0 Å². The normalized spacial score (nSPS) is 20.0. The largest absolute Gasteiger partial charge is 0.461 e. The molecule has 1 aromatic carbocycles. The Morgan fingerprint density at radius 2 is 2.05 bits per heavy atom. The third-order valence-corrected chi connectivity index (χ3v) is 3.63. The number of aryl methyl sites for hydroxylation is 1. The van der Waals surface area contributed by atoms with Gasteiger partial charge in [-0.1, -0.05) is 23.7 Å². The molecule has 0 saturated carbocycles. The maximum atomic E-state index is 10.9. The third kappa shape index (κ3) is 2.82. The molecule has 1 aromatic heterocycles. The fourth-order valence-corrected chi connectivity index (χ4v) is 2.39. The van der Waals surface area contributed by atoms with Crippen molar-refractivity contribution >= 4 is 11.6 Å². The van der Waals surface area contributed by atoms with E-state index in [1.54, 1.807) is 20.8 Å². The molecule has 3 rings (SSSR count). The Kier molecular flexibility index (Phi) is 2.77. The lowest BCUT2D eigenvalue weighted by Crippen LogP contribution is -2.36. The maximum absolute atomic E-state index is 10.9. The molecule has 116 valence electrons. The van der Waals surface area contributed by atoms with Crippen LogP contribution in [0.3, 0.4) is 0 Å². The Hall–Kier alpha value is -1.62. The monoisotopic (exact) mass is 323 g/mol. The Bertz CT molecular complexity index is 875. The molecule has 4 nitrogen and oxygen atoms in total. The maximum Gasteiger partial charge on any atom is 0.205 e. The smallest absolute Gasteiger partial charge is 0.205 e. The number of ether oxygens (including phenoxy) is 2. The van der Waals surface area contributed by atoms with Crippen LogP contribution in [0, 0.1) is 6.92 Å². The molecule has 1 N–H and O–H groups in total. The van der Waals surface area contributed by atoms with E-state index in [1.807, 2.05) is 0 Å². The van der Waals surface area contributed by atoms with Gasteiger partial charge in [0.25, 0.3) is 0 Å². The van der Waals surface area contributed by atoms with Crippen LogP contribution >= 0.6 is 11.6 Å². The Morgan fingerprint density at radius 1 is 1.36 bits per heavy atom. The lowest BCUT2D eigenvalue weighted by Gasteiger charge is -2.34. The summed E-state index contributed by atoms with van der Waals surface area (Å²) in [7, 11) is 0. The van der Waals surface area contributed by atoms with Crippen molar-refractivity contribution in [1.82, 2.24) is 4.98 Å². The Labute approximate surface area is 140 Å². The highest BCUT2D eigenvalue weighted by atomic mass is 35.5. The zero-order valence-corrected chi connectivity index (χ0v) is 13.2. The SMILES string of the molecule is [2H]c1c([2H])c(C(O)c2cnc(C)c3c2COC(C)(C)O3)c([2H])c([2H])c1Cl. The van der Waals surface area contributed by atoms with Gasteiger partial charge in [0, 0.05) is 36.2 Å². The van der Waals surface area contributed by atoms with E-state index in [2.05, 4.69) is 4.98 Å². The molecule has 2 aromatic rings. The summed E-state index contributed by atoms with van der Waals surface area (Å²) in [6.07, 6.45) is 0.000607. The van der Waals surface area contributed by atoms with Gasteiger partial charge in [-0.05, 0) is 24.6 Å². The van der Waals surface area contributed by atoms with Crippen molar-refractivity contribution in [2.75, 3.05) is 0 Å². The highest BCUT2D eigenvalue weighted by molar-refractivity contribution is 6.30. The van der Waals surface area contributed by atoms with E-state index in [4.69, 9.17) is 26.6 Å². The van der Waals surface area contributed by atoms with E-state index in [-0.39, 0.29) is 17.2 Å². The van der Waals surface area contributed by atoms with E-state index < -0.39 is 36.1 Å². The van der Waals surface area contributed by atoms with Crippen LogP contribution in [0.1, 0.15) is 47.8 Å². The number of pyridine rings is 1. The number of aliphatic hydroxyl groups excluding tert-OH is 1. The minimum absolute atomic E-state index is 0.161. The molecule has 5 heteroatoms. The number of hydrogen-bond acceptors (Lipinski definition) is 4. The van der Waals surface area contributed by atoms with E-state index in [0.29, 0.717) is 22.6 Å². The number of aliphatic hydroxyl groups is 1. The summed E-state index contributed by atoms with van der Waals surface area (Å²) in [5.41, 5.74) is 1.34. The second-order valence-electron chi connectivity index (χ2n) is 5.53. The van der Waals surface area contributed by atoms with Gasteiger partial charge in [-0.2, -0.15) is 0 Å². The summed E-state index contributed by atoms with van der Waals surface area (Å²) in [6, 6.07) is -1.58. The van der Waals surface area contributed by atoms with Gasteiger partial charge in [-0.3, -0.25) is 4.98 Å². The quantitative estimate of drug-likeness (QED) is 0.914.